The summed E-state index contributed by atoms with van der Waals surface area (Å²) in [7, 11) is 1.42. The Bertz CT molecular complexity index is 535. The van der Waals surface area contributed by atoms with E-state index >= 15 is 0 Å². The maximum atomic E-state index is 13.2. The van der Waals surface area contributed by atoms with E-state index in [1.807, 2.05) is 13.0 Å². The Labute approximate surface area is 150 Å². The van der Waals surface area contributed by atoms with Gasteiger partial charge in [0.1, 0.15) is 5.82 Å². The van der Waals surface area contributed by atoms with Crippen molar-refractivity contribution in [1.82, 2.24) is 10.6 Å². The number of esters is 1. The molecule has 0 aliphatic heterocycles. The fourth-order valence-corrected chi connectivity index (χ4v) is 2.39. The van der Waals surface area contributed by atoms with E-state index in [1.165, 1.54) is 13.2 Å². The molecule has 1 aromatic carbocycles. The van der Waals surface area contributed by atoms with Gasteiger partial charge in [0.15, 0.2) is 5.96 Å². The van der Waals surface area contributed by atoms with Gasteiger partial charge in [-0.05, 0) is 43.9 Å². The number of rotatable bonds is 11. The Morgan fingerprint density at radius 1 is 1.20 bits per heavy atom. The van der Waals surface area contributed by atoms with Crippen LogP contribution in [-0.4, -0.2) is 38.7 Å². The lowest BCUT2D eigenvalue weighted by Crippen LogP contribution is -2.38. The van der Waals surface area contributed by atoms with Crippen molar-refractivity contribution in [1.29, 1.82) is 0 Å². The maximum Gasteiger partial charge on any atom is 0.305 e. The summed E-state index contributed by atoms with van der Waals surface area (Å²) in [5, 5.41) is 6.48. The molecule has 0 amide bonds. The minimum Gasteiger partial charge on any atom is -0.469 e. The SMILES string of the molecule is CCNC(=NCCCCCCC(=O)OC)NCCc1cccc(F)c1. The van der Waals surface area contributed by atoms with E-state index in [1.54, 1.807) is 12.1 Å². The van der Waals surface area contributed by atoms with E-state index in [0.717, 1.165) is 56.7 Å². The monoisotopic (exact) mass is 351 g/mol. The molecule has 25 heavy (non-hydrogen) atoms. The van der Waals surface area contributed by atoms with Crippen LogP contribution in [0.15, 0.2) is 29.3 Å². The topological polar surface area (TPSA) is 62.7 Å². The van der Waals surface area contributed by atoms with E-state index in [0.29, 0.717) is 13.0 Å². The molecule has 1 aromatic rings. The summed E-state index contributed by atoms with van der Waals surface area (Å²) in [6.45, 7) is 4.27. The van der Waals surface area contributed by atoms with E-state index in [-0.39, 0.29) is 11.8 Å². The number of aliphatic imine (C=N–C) groups is 1. The Morgan fingerprint density at radius 2 is 2.00 bits per heavy atom. The summed E-state index contributed by atoms with van der Waals surface area (Å²) in [6.07, 6.45) is 5.14. The van der Waals surface area contributed by atoms with Crippen molar-refractivity contribution in [2.24, 2.45) is 4.99 Å². The molecule has 0 aliphatic rings. The van der Waals surface area contributed by atoms with Crippen LogP contribution in [-0.2, 0) is 16.0 Å². The van der Waals surface area contributed by atoms with Gasteiger partial charge >= 0.3 is 5.97 Å². The number of ether oxygens (including phenoxy) is 1. The smallest absolute Gasteiger partial charge is 0.305 e. The summed E-state index contributed by atoms with van der Waals surface area (Å²) in [6, 6.07) is 6.65. The molecule has 1 rings (SSSR count). The van der Waals surface area contributed by atoms with Gasteiger partial charge in [0.05, 0.1) is 7.11 Å². The van der Waals surface area contributed by atoms with Gasteiger partial charge < -0.3 is 15.4 Å². The molecule has 5 nitrogen and oxygen atoms in total. The first-order valence-electron chi connectivity index (χ1n) is 8.99. The van der Waals surface area contributed by atoms with Gasteiger partial charge in [-0.3, -0.25) is 9.79 Å². The van der Waals surface area contributed by atoms with Crippen LogP contribution in [0.5, 0.6) is 0 Å². The zero-order valence-corrected chi connectivity index (χ0v) is 15.3. The summed E-state index contributed by atoms with van der Waals surface area (Å²) < 4.78 is 17.8. The predicted molar refractivity (Wildman–Crippen MR) is 99.2 cm³/mol. The fourth-order valence-electron chi connectivity index (χ4n) is 2.39. The molecule has 6 heteroatoms. The van der Waals surface area contributed by atoms with Crippen molar-refractivity contribution in [3.8, 4) is 0 Å². The second kappa shape index (κ2) is 13.2. The molecule has 140 valence electrons. The summed E-state index contributed by atoms with van der Waals surface area (Å²) >= 11 is 0. The Hall–Kier alpha value is -2.11. The predicted octanol–water partition coefficient (Wildman–Crippen LogP) is 3.05. The van der Waals surface area contributed by atoms with Crippen molar-refractivity contribution < 1.29 is 13.9 Å². The highest BCUT2D eigenvalue weighted by Gasteiger charge is 2.00. The van der Waals surface area contributed by atoms with E-state index in [9.17, 15) is 9.18 Å². The number of carbonyl (C=O) groups excluding carboxylic acids is 1. The second-order valence-corrected chi connectivity index (χ2v) is 5.81. The highest BCUT2D eigenvalue weighted by molar-refractivity contribution is 5.79. The van der Waals surface area contributed by atoms with Crippen molar-refractivity contribution in [2.45, 2.75) is 45.4 Å². The number of hydrogen-bond acceptors (Lipinski definition) is 3. The number of nitrogens with one attached hydrogen (secondary N) is 2. The zero-order chi connectivity index (χ0) is 18.3. The van der Waals surface area contributed by atoms with Gasteiger partial charge in [-0.1, -0.05) is 25.0 Å². The average Bonchev–Trinajstić information content (AvgIpc) is 2.60. The quantitative estimate of drug-likeness (QED) is 0.278. The number of unbranched alkanes of at least 4 members (excludes halogenated alkanes) is 3. The number of methoxy groups -OCH3 is 1. The highest BCUT2D eigenvalue weighted by Crippen LogP contribution is 2.04. The Balaban J connectivity index is 2.21. The minimum atomic E-state index is -0.203. The molecule has 0 heterocycles. The molecule has 0 aromatic heterocycles. The van der Waals surface area contributed by atoms with Crippen molar-refractivity contribution in [2.75, 3.05) is 26.7 Å². The zero-order valence-electron chi connectivity index (χ0n) is 15.3. The lowest BCUT2D eigenvalue weighted by Gasteiger charge is -2.11. The number of carbonyl (C=O) groups is 1. The van der Waals surface area contributed by atoms with Crippen LogP contribution >= 0.6 is 0 Å². The van der Waals surface area contributed by atoms with Crippen LogP contribution in [0.2, 0.25) is 0 Å². The average molecular weight is 351 g/mol. The van der Waals surface area contributed by atoms with Crippen LogP contribution in [0.3, 0.4) is 0 Å². The lowest BCUT2D eigenvalue weighted by molar-refractivity contribution is -0.140. The maximum absolute atomic E-state index is 13.2. The molecule has 0 unspecified atom stereocenters. The van der Waals surface area contributed by atoms with Crippen molar-refractivity contribution >= 4 is 11.9 Å². The third-order valence-corrected chi connectivity index (χ3v) is 3.73. The summed E-state index contributed by atoms with van der Waals surface area (Å²) in [5.74, 6) is 0.439. The molecule has 2 N–H and O–H groups in total. The molecule has 0 saturated carbocycles. The van der Waals surface area contributed by atoms with Gasteiger partial charge in [0.2, 0.25) is 0 Å². The lowest BCUT2D eigenvalue weighted by atomic mass is 10.1. The standard InChI is InChI=1S/C19H30FN3O2/c1-3-21-19(22-13-7-5-4-6-11-18(24)25-2)23-14-12-16-9-8-10-17(20)15-16/h8-10,15H,3-7,11-14H2,1-2H3,(H2,21,22,23). The molecule has 0 atom stereocenters. The molecular weight excluding hydrogens is 321 g/mol. The largest absolute Gasteiger partial charge is 0.469 e. The van der Waals surface area contributed by atoms with Gasteiger partial charge in [0, 0.05) is 26.1 Å². The van der Waals surface area contributed by atoms with Gasteiger partial charge in [-0.2, -0.15) is 0 Å². The van der Waals surface area contributed by atoms with E-state index in [4.69, 9.17) is 0 Å². The number of benzene rings is 1. The van der Waals surface area contributed by atoms with Gasteiger partial charge in [0.25, 0.3) is 0 Å². The summed E-state index contributed by atoms with van der Waals surface area (Å²) in [4.78, 5) is 15.5. The number of guanidine groups is 1. The Kier molecular flexibility index (Phi) is 11.1. The Morgan fingerprint density at radius 3 is 2.72 bits per heavy atom. The van der Waals surface area contributed by atoms with E-state index < -0.39 is 0 Å². The first-order valence-corrected chi connectivity index (χ1v) is 8.99. The van der Waals surface area contributed by atoms with Gasteiger partial charge in [-0.25, -0.2) is 4.39 Å². The molecule has 0 spiro atoms. The van der Waals surface area contributed by atoms with E-state index in [2.05, 4.69) is 20.4 Å². The normalized spacial score (nSPS) is 11.2. The first kappa shape index (κ1) is 20.9. The van der Waals surface area contributed by atoms with Gasteiger partial charge in [-0.15, -0.1) is 0 Å². The van der Waals surface area contributed by atoms with Crippen molar-refractivity contribution in [3.05, 3.63) is 35.6 Å². The van der Waals surface area contributed by atoms with Crippen LogP contribution in [0.25, 0.3) is 0 Å². The number of halogens is 1. The first-order chi connectivity index (χ1) is 12.2. The minimum absolute atomic E-state index is 0.144. The third kappa shape index (κ3) is 10.4. The molecule has 0 bridgehead atoms. The molecule has 0 radical (unpaired) electrons. The van der Waals surface area contributed by atoms with Crippen LogP contribution in [0, 0.1) is 5.82 Å². The number of nitrogens with zero attached hydrogens (tertiary/aromatic N) is 1. The fraction of sp³-hybridized carbons (Fsp3) is 0.579. The second-order valence-electron chi connectivity index (χ2n) is 5.81. The highest BCUT2D eigenvalue weighted by atomic mass is 19.1. The molecule has 0 aliphatic carbocycles. The van der Waals surface area contributed by atoms with Crippen LogP contribution < -0.4 is 10.6 Å². The molecular formula is C19H30FN3O2. The van der Waals surface area contributed by atoms with Crippen LogP contribution in [0.1, 0.15) is 44.6 Å². The third-order valence-electron chi connectivity index (χ3n) is 3.73. The molecule has 0 saturated heterocycles. The molecule has 0 fully saturated rings. The van der Waals surface area contributed by atoms with Crippen molar-refractivity contribution in [3.63, 3.8) is 0 Å². The number of hydrogen-bond donors (Lipinski definition) is 2. The van der Waals surface area contributed by atoms with Crippen LogP contribution in [0.4, 0.5) is 4.39 Å². The summed E-state index contributed by atoms with van der Waals surface area (Å²) in [5.41, 5.74) is 0.967.